The van der Waals surface area contributed by atoms with Crippen LogP contribution in [0.4, 0.5) is 13.2 Å². The molecule has 0 bridgehead atoms. The van der Waals surface area contributed by atoms with Gasteiger partial charge >= 0.3 is 6.18 Å². The van der Waals surface area contributed by atoms with Gasteiger partial charge in [-0.1, -0.05) is 35.0 Å². The van der Waals surface area contributed by atoms with E-state index in [4.69, 9.17) is 4.74 Å². The first-order valence-electron chi connectivity index (χ1n) is 7.00. The van der Waals surface area contributed by atoms with Crippen molar-refractivity contribution in [2.75, 3.05) is 26.3 Å². The van der Waals surface area contributed by atoms with Crippen molar-refractivity contribution < 1.29 is 17.9 Å². The van der Waals surface area contributed by atoms with Gasteiger partial charge in [-0.2, -0.15) is 13.2 Å². The van der Waals surface area contributed by atoms with Crippen molar-refractivity contribution in [2.24, 2.45) is 5.92 Å². The highest BCUT2D eigenvalue weighted by molar-refractivity contribution is 9.10. The molecule has 0 aliphatic heterocycles. The van der Waals surface area contributed by atoms with Crippen LogP contribution in [0.5, 0.6) is 0 Å². The van der Waals surface area contributed by atoms with Gasteiger partial charge in [-0.3, -0.25) is 0 Å². The average Bonchev–Trinajstić information content (AvgIpc) is 2.42. The second-order valence-electron chi connectivity index (χ2n) is 4.96. The standard InChI is InChI=1S/C15H21BrF3NO/c1-2-20-10-13(7-8-21-11-15(17,18)19)9-12-3-5-14(16)6-4-12/h3-6,13,20H,2,7-11H2,1H3. The van der Waals surface area contributed by atoms with E-state index in [-0.39, 0.29) is 12.5 Å². The highest BCUT2D eigenvalue weighted by Gasteiger charge is 2.27. The van der Waals surface area contributed by atoms with E-state index in [2.05, 4.69) is 21.2 Å². The van der Waals surface area contributed by atoms with Crippen molar-refractivity contribution in [2.45, 2.75) is 25.9 Å². The van der Waals surface area contributed by atoms with Gasteiger partial charge in [0.25, 0.3) is 0 Å². The minimum Gasteiger partial charge on any atom is -0.372 e. The van der Waals surface area contributed by atoms with Crippen LogP contribution in [-0.2, 0) is 11.2 Å². The second kappa shape index (κ2) is 9.43. The van der Waals surface area contributed by atoms with Crippen LogP contribution < -0.4 is 5.32 Å². The fourth-order valence-corrected chi connectivity index (χ4v) is 2.28. The lowest BCUT2D eigenvalue weighted by atomic mass is 9.96. The molecule has 1 aromatic carbocycles. The van der Waals surface area contributed by atoms with Crippen LogP contribution in [0.3, 0.4) is 0 Å². The zero-order valence-corrected chi connectivity index (χ0v) is 13.6. The highest BCUT2D eigenvalue weighted by atomic mass is 79.9. The maximum atomic E-state index is 12.0. The van der Waals surface area contributed by atoms with Crippen molar-refractivity contribution in [3.8, 4) is 0 Å². The molecule has 2 nitrogen and oxygen atoms in total. The Bertz CT molecular complexity index is 395. The van der Waals surface area contributed by atoms with Gasteiger partial charge in [0.2, 0.25) is 0 Å². The molecule has 0 radical (unpaired) electrons. The maximum Gasteiger partial charge on any atom is 0.411 e. The molecule has 120 valence electrons. The SMILES string of the molecule is CCNCC(CCOCC(F)(F)F)Cc1ccc(Br)cc1. The summed E-state index contributed by atoms with van der Waals surface area (Å²) in [6.07, 6.45) is -2.81. The summed E-state index contributed by atoms with van der Waals surface area (Å²) in [6.45, 7) is 2.60. The number of rotatable bonds is 9. The normalized spacial score (nSPS) is 13.4. The van der Waals surface area contributed by atoms with Gasteiger partial charge in [0.1, 0.15) is 6.61 Å². The van der Waals surface area contributed by atoms with Gasteiger partial charge in [0.05, 0.1) is 0 Å². The molecule has 1 atom stereocenters. The lowest BCUT2D eigenvalue weighted by Crippen LogP contribution is -2.26. The molecular weight excluding hydrogens is 347 g/mol. The Morgan fingerprint density at radius 2 is 1.90 bits per heavy atom. The molecule has 6 heteroatoms. The number of hydrogen-bond acceptors (Lipinski definition) is 2. The summed E-state index contributed by atoms with van der Waals surface area (Å²) >= 11 is 3.38. The van der Waals surface area contributed by atoms with Crippen molar-refractivity contribution in [1.82, 2.24) is 5.32 Å². The predicted octanol–water partition coefficient (Wildman–Crippen LogP) is 4.19. The summed E-state index contributed by atoms with van der Waals surface area (Å²) in [4.78, 5) is 0. The van der Waals surface area contributed by atoms with Crippen LogP contribution in [0.25, 0.3) is 0 Å². The van der Waals surface area contributed by atoms with E-state index in [1.807, 2.05) is 31.2 Å². The summed E-state index contributed by atoms with van der Waals surface area (Å²) in [5, 5.41) is 3.25. The van der Waals surface area contributed by atoms with E-state index in [1.165, 1.54) is 5.56 Å². The summed E-state index contributed by atoms with van der Waals surface area (Å²) in [7, 11) is 0. The van der Waals surface area contributed by atoms with Crippen molar-refractivity contribution >= 4 is 15.9 Å². The smallest absolute Gasteiger partial charge is 0.372 e. The molecule has 0 fully saturated rings. The lowest BCUT2D eigenvalue weighted by Gasteiger charge is -2.18. The fraction of sp³-hybridized carbons (Fsp3) is 0.600. The van der Waals surface area contributed by atoms with E-state index >= 15 is 0 Å². The second-order valence-corrected chi connectivity index (χ2v) is 5.88. The Hall–Kier alpha value is -0.590. The molecule has 0 aliphatic rings. The monoisotopic (exact) mass is 367 g/mol. The van der Waals surface area contributed by atoms with Gasteiger partial charge in [-0.05, 0) is 49.5 Å². The third-order valence-electron chi connectivity index (χ3n) is 3.06. The molecule has 0 aliphatic carbocycles. The molecule has 0 saturated heterocycles. The van der Waals surface area contributed by atoms with Gasteiger partial charge in [-0.25, -0.2) is 0 Å². The number of halogens is 4. The minimum absolute atomic E-state index is 0.131. The Labute approximate surface area is 132 Å². The van der Waals surface area contributed by atoms with Crippen molar-refractivity contribution in [1.29, 1.82) is 0 Å². The molecule has 0 heterocycles. The zero-order chi connectivity index (χ0) is 15.7. The van der Waals surface area contributed by atoms with Crippen LogP contribution in [-0.4, -0.2) is 32.5 Å². The average molecular weight is 368 g/mol. The first-order chi connectivity index (χ1) is 9.90. The first-order valence-corrected chi connectivity index (χ1v) is 7.79. The number of benzene rings is 1. The van der Waals surface area contributed by atoms with Gasteiger partial charge in [0.15, 0.2) is 0 Å². The van der Waals surface area contributed by atoms with E-state index in [0.717, 1.165) is 24.0 Å². The number of hydrogen-bond donors (Lipinski definition) is 1. The predicted molar refractivity (Wildman–Crippen MR) is 81.4 cm³/mol. The van der Waals surface area contributed by atoms with E-state index in [9.17, 15) is 13.2 Å². The summed E-state index contributed by atoms with van der Waals surface area (Å²) in [5.41, 5.74) is 1.18. The Balaban J connectivity index is 2.41. The summed E-state index contributed by atoms with van der Waals surface area (Å²) < 4.78 is 41.8. The zero-order valence-electron chi connectivity index (χ0n) is 12.0. The number of ether oxygens (including phenoxy) is 1. The number of nitrogens with one attached hydrogen (secondary N) is 1. The number of alkyl halides is 3. The third kappa shape index (κ3) is 9.11. The van der Waals surface area contributed by atoms with Gasteiger partial charge in [0, 0.05) is 11.1 Å². The van der Waals surface area contributed by atoms with Crippen LogP contribution >= 0.6 is 15.9 Å². The molecule has 0 spiro atoms. The molecule has 0 aromatic heterocycles. The van der Waals surface area contributed by atoms with Gasteiger partial charge < -0.3 is 10.1 Å². The molecule has 21 heavy (non-hydrogen) atoms. The Morgan fingerprint density at radius 3 is 2.48 bits per heavy atom. The first kappa shape index (κ1) is 18.5. The minimum atomic E-state index is -4.25. The van der Waals surface area contributed by atoms with E-state index < -0.39 is 12.8 Å². The molecule has 1 aromatic rings. The quantitative estimate of drug-likeness (QED) is 0.660. The van der Waals surface area contributed by atoms with Gasteiger partial charge in [-0.15, -0.1) is 0 Å². The van der Waals surface area contributed by atoms with E-state index in [0.29, 0.717) is 6.42 Å². The van der Waals surface area contributed by atoms with Crippen LogP contribution in [0.2, 0.25) is 0 Å². The lowest BCUT2D eigenvalue weighted by molar-refractivity contribution is -0.174. The summed E-state index contributed by atoms with van der Waals surface area (Å²) in [6, 6.07) is 8.00. The molecule has 0 saturated carbocycles. The Kier molecular flexibility index (Phi) is 8.29. The molecule has 1 rings (SSSR count). The third-order valence-corrected chi connectivity index (χ3v) is 3.59. The molecular formula is C15H21BrF3NO. The highest BCUT2D eigenvalue weighted by Crippen LogP contribution is 2.17. The van der Waals surface area contributed by atoms with Crippen LogP contribution in [0.15, 0.2) is 28.7 Å². The van der Waals surface area contributed by atoms with Crippen LogP contribution in [0.1, 0.15) is 18.9 Å². The van der Waals surface area contributed by atoms with Crippen molar-refractivity contribution in [3.05, 3.63) is 34.3 Å². The largest absolute Gasteiger partial charge is 0.411 e. The topological polar surface area (TPSA) is 21.3 Å². The maximum absolute atomic E-state index is 12.0. The molecule has 0 amide bonds. The molecule has 1 N–H and O–H groups in total. The fourth-order valence-electron chi connectivity index (χ4n) is 2.02. The molecule has 1 unspecified atom stereocenters. The summed E-state index contributed by atoms with van der Waals surface area (Å²) in [5.74, 6) is 0.263. The Morgan fingerprint density at radius 1 is 1.24 bits per heavy atom. The van der Waals surface area contributed by atoms with Crippen LogP contribution in [0, 0.1) is 5.92 Å². The van der Waals surface area contributed by atoms with E-state index in [1.54, 1.807) is 0 Å². The van der Waals surface area contributed by atoms with Crippen molar-refractivity contribution in [3.63, 3.8) is 0 Å².